The van der Waals surface area contributed by atoms with Crippen molar-refractivity contribution in [1.82, 2.24) is 20.2 Å². The molecule has 31 heavy (non-hydrogen) atoms. The van der Waals surface area contributed by atoms with Gasteiger partial charge >= 0.3 is 0 Å². The molecule has 2 atom stereocenters. The number of aliphatic imine (C=N–C) groups is 1. The van der Waals surface area contributed by atoms with Crippen LogP contribution in [0.5, 0.6) is 0 Å². The Morgan fingerprint density at radius 3 is 2.55 bits per heavy atom. The molecule has 0 aliphatic carbocycles. The van der Waals surface area contributed by atoms with E-state index in [1.165, 1.54) is 5.56 Å². The van der Waals surface area contributed by atoms with E-state index in [1.807, 2.05) is 43.3 Å². The Bertz CT molecular complexity index is 1160. The lowest BCUT2D eigenvalue weighted by molar-refractivity contribution is -0.384. The molecule has 5 rings (SSSR count). The third-order valence-electron chi connectivity index (χ3n) is 6.20. The van der Waals surface area contributed by atoms with Crippen LogP contribution in [-0.2, 0) is 0 Å². The van der Waals surface area contributed by atoms with Gasteiger partial charge in [-0.3, -0.25) is 10.1 Å². The van der Waals surface area contributed by atoms with Crippen molar-refractivity contribution in [2.75, 3.05) is 18.0 Å². The minimum Gasteiger partial charge on any atom is -0.366 e. The number of nitro benzene ring substituents is 1. The number of fused-ring (bicyclic) bond motifs is 1. The molecule has 1 aromatic heterocycles. The molecule has 0 saturated carbocycles. The van der Waals surface area contributed by atoms with Crippen molar-refractivity contribution in [1.29, 1.82) is 0 Å². The third-order valence-corrected chi connectivity index (χ3v) is 6.20. The molecule has 2 aliphatic rings. The number of hydrogen-bond donors (Lipinski definition) is 0. The molecule has 2 aromatic carbocycles. The lowest BCUT2D eigenvalue weighted by atomic mass is 9.86. The van der Waals surface area contributed by atoms with Crippen molar-refractivity contribution in [2.24, 2.45) is 10.9 Å². The van der Waals surface area contributed by atoms with Crippen molar-refractivity contribution in [2.45, 2.75) is 32.7 Å². The number of tetrazole rings is 1. The van der Waals surface area contributed by atoms with Gasteiger partial charge < -0.3 is 4.90 Å². The predicted octanol–water partition coefficient (Wildman–Crippen LogP) is 3.85. The van der Waals surface area contributed by atoms with Crippen LogP contribution in [0.3, 0.4) is 0 Å². The normalized spacial score (nSPS) is 20.5. The molecular weight excluding hydrogens is 394 g/mol. The topological polar surface area (TPSA) is 102 Å². The fraction of sp³-hybridized carbons (Fsp3) is 0.364. The Morgan fingerprint density at radius 2 is 1.84 bits per heavy atom. The monoisotopic (exact) mass is 417 g/mol. The van der Waals surface area contributed by atoms with Crippen LogP contribution in [0.1, 0.15) is 42.5 Å². The van der Waals surface area contributed by atoms with Gasteiger partial charge in [-0.05, 0) is 47.4 Å². The summed E-state index contributed by atoms with van der Waals surface area (Å²) in [6.07, 6.45) is 2.12. The fourth-order valence-corrected chi connectivity index (χ4v) is 4.59. The summed E-state index contributed by atoms with van der Waals surface area (Å²) in [5.41, 5.74) is 4.65. The van der Waals surface area contributed by atoms with Crippen molar-refractivity contribution < 1.29 is 4.92 Å². The van der Waals surface area contributed by atoms with Gasteiger partial charge in [-0.1, -0.05) is 47.9 Å². The number of anilines is 1. The van der Waals surface area contributed by atoms with Gasteiger partial charge in [-0.2, -0.15) is 0 Å². The second-order valence-corrected chi connectivity index (χ2v) is 8.22. The summed E-state index contributed by atoms with van der Waals surface area (Å²) in [6, 6.07) is 13.4. The van der Waals surface area contributed by atoms with Gasteiger partial charge in [-0.25, -0.2) is 9.67 Å². The van der Waals surface area contributed by atoms with E-state index in [2.05, 4.69) is 27.3 Å². The number of benzene rings is 2. The highest BCUT2D eigenvalue weighted by atomic mass is 16.6. The van der Waals surface area contributed by atoms with Gasteiger partial charge in [0.1, 0.15) is 5.69 Å². The van der Waals surface area contributed by atoms with E-state index in [0.29, 0.717) is 11.6 Å². The van der Waals surface area contributed by atoms with Gasteiger partial charge in [0.25, 0.3) is 11.6 Å². The molecule has 2 aliphatic heterocycles. The highest BCUT2D eigenvalue weighted by Gasteiger charge is 2.35. The van der Waals surface area contributed by atoms with E-state index >= 15 is 0 Å². The molecule has 0 bridgehead atoms. The standard InChI is InChI=1S/C22H23N7O2/c1-14-5-7-16(8-6-14)20-15(2)21(28-22(23-20)24-25-26-28)17-9-10-18(19(13-17)29(30)31)27-11-3-4-12-27/h5-10,13,15,21H,3-4,11-12H2,1-2H3. The highest BCUT2D eigenvalue weighted by Crippen LogP contribution is 2.40. The summed E-state index contributed by atoms with van der Waals surface area (Å²) >= 11 is 0. The molecule has 2 unspecified atom stereocenters. The van der Waals surface area contributed by atoms with Gasteiger partial charge in [-0.15, -0.1) is 0 Å². The Labute approximate surface area is 179 Å². The second kappa shape index (κ2) is 7.57. The molecule has 1 fully saturated rings. The number of hydrogen-bond acceptors (Lipinski definition) is 7. The van der Waals surface area contributed by atoms with Crippen LogP contribution in [0.15, 0.2) is 47.5 Å². The van der Waals surface area contributed by atoms with Crippen LogP contribution in [-0.4, -0.2) is 43.9 Å². The maximum atomic E-state index is 11.9. The van der Waals surface area contributed by atoms with Gasteiger partial charge in [0.2, 0.25) is 0 Å². The Hall–Kier alpha value is -3.62. The zero-order valence-electron chi connectivity index (χ0n) is 17.5. The Balaban J connectivity index is 1.59. The fourth-order valence-electron chi connectivity index (χ4n) is 4.59. The van der Waals surface area contributed by atoms with E-state index in [9.17, 15) is 10.1 Å². The molecule has 0 spiro atoms. The minimum atomic E-state index is -0.292. The molecule has 0 N–H and O–H groups in total. The van der Waals surface area contributed by atoms with Crippen molar-refractivity contribution in [3.63, 3.8) is 0 Å². The van der Waals surface area contributed by atoms with Crippen molar-refractivity contribution in [3.8, 4) is 0 Å². The first kappa shape index (κ1) is 19.3. The van der Waals surface area contributed by atoms with E-state index < -0.39 is 0 Å². The van der Waals surface area contributed by atoms with E-state index in [-0.39, 0.29) is 22.6 Å². The maximum absolute atomic E-state index is 11.9. The average Bonchev–Trinajstić information content (AvgIpc) is 3.46. The molecular formula is C22H23N7O2. The number of aromatic nitrogens is 4. The van der Waals surface area contributed by atoms with E-state index in [1.54, 1.807) is 10.7 Å². The molecule has 1 saturated heterocycles. The Morgan fingerprint density at radius 1 is 1.10 bits per heavy atom. The molecule has 158 valence electrons. The van der Waals surface area contributed by atoms with Crippen molar-refractivity contribution in [3.05, 3.63) is 69.3 Å². The SMILES string of the molecule is Cc1ccc(C2=Nc3nnnn3C(c3ccc(N4CCCC4)c([N+](=O)[O-])c3)C2C)cc1. The Kier molecular flexibility index (Phi) is 4.72. The predicted molar refractivity (Wildman–Crippen MR) is 117 cm³/mol. The summed E-state index contributed by atoms with van der Waals surface area (Å²) in [5, 5.41) is 23.9. The lowest BCUT2D eigenvalue weighted by Crippen LogP contribution is -2.30. The molecule has 0 amide bonds. The van der Waals surface area contributed by atoms with Gasteiger partial charge in [0.15, 0.2) is 0 Å². The van der Waals surface area contributed by atoms with E-state index in [0.717, 1.165) is 42.8 Å². The summed E-state index contributed by atoms with van der Waals surface area (Å²) in [4.78, 5) is 18.4. The van der Waals surface area contributed by atoms with E-state index in [4.69, 9.17) is 4.99 Å². The molecule has 9 nitrogen and oxygen atoms in total. The number of rotatable bonds is 4. The minimum absolute atomic E-state index is 0.0732. The lowest BCUT2D eigenvalue weighted by Gasteiger charge is -2.30. The summed E-state index contributed by atoms with van der Waals surface area (Å²) < 4.78 is 1.66. The smallest absolute Gasteiger partial charge is 0.292 e. The summed E-state index contributed by atoms with van der Waals surface area (Å²) in [7, 11) is 0. The van der Waals surface area contributed by atoms with Crippen LogP contribution in [0.25, 0.3) is 0 Å². The zero-order valence-corrected chi connectivity index (χ0v) is 17.5. The van der Waals surface area contributed by atoms with Crippen LogP contribution in [0.2, 0.25) is 0 Å². The molecule has 9 heteroatoms. The molecule has 3 aromatic rings. The second-order valence-electron chi connectivity index (χ2n) is 8.22. The van der Waals surface area contributed by atoms with Gasteiger partial charge in [0.05, 0.1) is 16.7 Å². The molecule has 0 radical (unpaired) electrons. The van der Waals surface area contributed by atoms with Gasteiger partial charge in [0, 0.05) is 25.1 Å². The quantitative estimate of drug-likeness (QED) is 0.472. The number of nitrogens with zero attached hydrogens (tertiary/aromatic N) is 7. The first-order chi connectivity index (χ1) is 15.0. The first-order valence-electron chi connectivity index (χ1n) is 10.5. The highest BCUT2D eigenvalue weighted by molar-refractivity contribution is 6.04. The first-order valence-corrected chi connectivity index (χ1v) is 10.5. The maximum Gasteiger partial charge on any atom is 0.292 e. The van der Waals surface area contributed by atoms with Crippen LogP contribution in [0.4, 0.5) is 17.3 Å². The number of nitro groups is 1. The average molecular weight is 417 g/mol. The van der Waals surface area contributed by atoms with Crippen LogP contribution < -0.4 is 4.90 Å². The largest absolute Gasteiger partial charge is 0.366 e. The summed E-state index contributed by atoms with van der Waals surface area (Å²) in [5.74, 6) is 0.334. The van der Waals surface area contributed by atoms with Crippen molar-refractivity contribution >= 4 is 23.0 Å². The third kappa shape index (κ3) is 3.35. The zero-order chi connectivity index (χ0) is 21.5. The number of aryl methyl sites for hydroxylation is 1. The van der Waals surface area contributed by atoms with Crippen LogP contribution in [0, 0.1) is 23.0 Å². The molecule has 3 heterocycles. The summed E-state index contributed by atoms with van der Waals surface area (Å²) in [6.45, 7) is 5.80. The van der Waals surface area contributed by atoms with Crippen LogP contribution >= 0.6 is 0 Å².